The first-order chi connectivity index (χ1) is 11.5. The van der Waals surface area contributed by atoms with E-state index in [9.17, 15) is 14.4 Å². The molecular formula is C17H11FN4O2. The van der Waals surface area contributed by atoms with E-state index in [4.69, 9.17) is 5.11 Å². The molecule has 0 saturated heterocycles. The third kappa shape index (κ3) is 2.61. The van der Waals surface area contributed by atoms with Crippen LogP contribution in [0.25, 0.3) is 16.9 Å². The normalized spacial score (nSPS) is 10.4. The van der Waals surface area contributed by atoms with Gasteiger partial charge in [0.1, 0.15) is 5.82 Å². The van der Waals surface area contributed by atoms with Crippen LogP contribution < -0.4 is 0 Å². The Balaban J connectivity index is 2.10. The summed E-state index contributed by atoms with van der Waals surface area (Å²) in [7, 11) is 0. The highest BCUT2D eigenvalue weighted by molar-refractivity contribution is 5.87. The van der Waals surface area contributed by atoms with Crippen LogP contribution in [-0.2, 0) is 0 Å². The van der Waals surface area contributed by atoms with Crippen LogP contribution in [0.4, 0.5) is 4.39 Å². The maximum absolute atomic E-state index is 14.3. The summed E-state index contributed by atoms with van der Waals surface area (Å²) in [5.74, 6) is -1.24. The summed E-state index contributed by atoms with van der Waals surface area (Å²) in [5.41, 5.74) is 1.35. The SMILES string of the molecule is Cc1cccc(-c2cnc(-n3cc(C(=O)O)cn3)cc2C#N)c1F. The number of aromatic carboxylic acids is 1. The molecule has 0 radical (unpaired) electrons. The Bertz CT molecular complexity index is 988. The summed E-state index contributed by atoms with van der Waals surface area (Å²) < 4.78 is 15.6. The zero-order valence-electron chi connectivity index (χ0n) is 12.6. The number of pyridine rings is 1. The smallest absolute Gasteiger partial charge is 0.338 e. The minimum absolute atomic E-state index is 0.00381. The van der Waals surface area contributed by atoms with Crippen molar-refractivity contribution >= 4 is 5.97 Å². The molecule has 2 aromatic heterocycles. The predicted molar refractivity (Wildman–Crippen MR) is 83.2 cm³/mol. The number of nitriles is 1. The van der Waals surface area contributed by atoms with Gasteiger partial charge in [-0.2, -0.15) is 10.4 Å². The van der Waals surface area contributed by atoms with E-state index in [0.717, 1.165) is 0 Å². The number of hydrogen-bond donors (Lipinski definition) is 1. The van der Waals surface area contributed by atoms with Crippen molar-refractivity contribution in [2.45, 2.75) is 6.92 Å². The van der Waals surface area contributed by atoms with Crippen LogP contribution in [0.15, 0.2) is 42.9 Å². The lowest BCUT2D eigenvalue weighted by molar-refractivity contribution is 0.0697. The quantitative estimate of drug-likeness (QED) is 0.800. The third-order valence-electron chi connectivity index (χ3n) is 3.56. The lowest BCUT2D eigenvalue weighted by Crippen LogP contribution is -2.01. The second-order valence-corrected chi connectivity index (χ2v) is 5.12. The molecule has 0 fully saturated rings. The first-order valence-corrected chi connectivity index (χ1v) is 6.95. The van der Waals surface area contributed by atoms with Crippen molar-refractivity contribution < 1.29 is 14.3 Å². The first kappa shape index (κ1) is 15.4. The van der Waals surface area contributed by atoms with E-state index < -0.39 is 11.8 Å². The van der Waals surface area contributed by atoms with Gasteiger partial charge in [-0.15, -0.1) is 0 Å². The number of rotatable bonds is 3. The van der Waals surface area contributed by atoms with Crippen LogP contribution in [0, 0.1) is 24.1 Å². The van der Waals surface area contributed by atoms with Gasteiger partial charge in [0, 0.05) is 29.6 Å². The summed E-state index contributed by atoms with van der Waals surface area (Å²) in [5, 5.41) is 22.2. The number of aromatic nitrogens is 3. The van der Waals surface area contributed by atoms with Crippen LogP contribution in [-0.4, -0.2) is 25.8 Å². The van der Waals surface area contributed by atoms with E-state index in [2.05, 4.69) is 10.1 Å². The van der Waals surface area contributed by atoms with Gasteiger partial charge in [0.2, 0.25) is 0 Å². The third-order valence-corrected chi connectivity index (χ3v) is 3.56. The highest BCUT2D eigenvalue weighted by Gasteiger charge is 2.14. The topological polar surface area (TPSA) is 91.8 Å². The molecule has 0 amide bonds. The second-order valence-electron chi connectivity index (χ2n) is 5.12. The summed E-state index contributed by atoms with van der Waals surface area (Å²) in [4.78, 5) is 15.1. The van der Waals surface area contributed by atoms with E-state index in [1.807, 2.05) is 6.07 Å². The van der Waals surface area contributed by atoms with Gasteiger partial charge in [-0.05, 0) is 12.5 Å². The van der Waals surface area contributed by atoms with E-state index in [1.54, 1.807) is 25.1 Å². The van der Waals surface area contributed by atoms with Crippen molar-refractivity contribution in [2.75, 3.05) is 0 Å². The zero-order valence-corrected chi connectivity index (χ0v) is 12.6. The molecule has 0 aliphatic carbocycles. The van der Waals surface area contributed by atoms with Crippen molar-refractivity contribution in [1.29, 1.82) is 5.26 Å². The number of aryl methyl sites for hydroxylation is 1. The lowest BCUT2D eigenvalue weighted by Gasteiger charge is -2.09. The molecule has 0 aliphatic heterocycles. The molecule has 0 spiro atoms. The molecule has 0 aliphatic rings. The van der Waals surface area contributed by atoms with Gasteiger partial charge in [-0.25, -0.2) is 18.9 Å². The molecule has 3 aromatic rings. The molecular weight excluding hydrogens is 311 g/mol. The number of carbonyl (C=O) groups is 1. The molecule has 6 nitrogen and oxygen atoms in total. The zero-order chi connectivity index (χ0) is 17.3. The second kappa shape index (κ2) is 5.93. The number of benzene rings is 1. The number of nitrogens with zero attached hydrogens (tertiary/aromatic N) is 4. The van der Waals surface area contributed by atoms with Gasteiger partial charge >= 0.3 is 5.97 Å². The lowest BCUT2D eigenvalue weighted by atomic mass is 10.00. The fourth-order valence-electron chi connectivity index (χ4n) is 2.29. The highest BCUT2D eigenvalue weighted by atomic mass is 19.1. The largest absolute Gasteiger partial charge is 0.478 e. The molecule has 1 N–H and O–H groups in total. The molecule has 24 heavy (non-hydrogen) atoms. The van der Waals surface area contributed by atoms with E-state index >= 15 is 0 Å². The predicted octanol–water partition coefficient (Wildman–Crippen LogP) is 2.95. The van der Waals surface area contributed by atoms with Gasteiger partial charge in [0.15, 0.2) is 5.82 Å². The van der Waals surface area contributed by atoms with E-state index in [-0.39, 0.29) is 22.5 Å². The average Bonchev–Trinajstić information content (AvgIpc) is 3.07. The fourth-order valence-corrected chi connectivity index (χ4v) is 2.29. The van der Waals surface area contributed by atoms with Gasteiger partial charge in [-0.3, -0.25) is 0 Å². The van der Waals surface area contributed by atoms with Crippen LogP contribution in [0.1, 0.15) is 21.5 Å². The van der Waals surface area contributed by atoms with Gasteiger partial charge in [0.25, 0.3) is 0 Å². The molecule has 3 rings (SSSR count). The summed E-state index contributed by atoms with van der Waals surface area (Å²) in [6.07, 6.45) is 3.86. The Hall–Kier alpha value is -3.53. The summed E-state index contributed by atoms with van der Waals surface area (Å²) in [6.45, 7) is 1.64. The molecule has 0 unspecified atom stereocenters. The monoisotopic (exact) mass is 322 g/mol. The van der Waals surface area contributed by atoms with Crippen molar-refractivity contribution in [1.82, 2.24) is 14.8 Å². The average molecular weight is 322 g/mol. The van der Waals surface area contributed by atoms with E-state index in [0.29, 0.717) is 11.1 Å². The molecule has 0 atom stereocenters. The summed E-state index contributed by atoms with van der Waals surface area (Å²) in [6, 6.07) is 8.38. The Labute approximate surface area is 136 Å². The fraction of sp³-hybridized carbons (Fsp3) is 0.0588. The summed E-state index contributed by atoms with van der Waals surface area (Å²) >= 11 is 0. The van der Waals surface area contributed by atoms with Gasteiger partial charge < -0.3 is 5.11 Å². The molecule has 1 aromatic carbocycles. The van der Waals surface area contributed by atoms with Crippen molar-refractivity contribution in [2.24, 2.45) is 0 Å². The number of hydrogen-bond acceptors (Lipinski definition) is 4. The Morgan fingerprint density at radius 1 is 1.33 bits per heavy atom. The van der Waals surface area contributed by atoms with Crippen LogP contribution in [0.5, 0.6) is 0 Å². The Kier molecular flexibility index (Phi) is 3.80. The maximum Gasteiger partial charge on any atom is 0.338 e. The van der Waals surface area contributed by atoms with Crippen LogP contribution in [0.2, 0.25) is 0 Å². The van der Waals surface area contributed by atoms with E-state index in [1.165, 1.54) is 29.3 Å². The van der Waals surface area contributed by atoms with Gasteiger partial charge in [0.05, 0.1) is 23.4 Å². The molecule has 0 saturated carbocycles. The molecule has 118 valence electrons. The van der Waals surface area contributed by atoms with Gasteiger partial charge in [-0.1, -0.05) is 18.2 Å². The van der Waals surface area contributed by atoms with Crippen molar-refractivity contribution in [3.8, 4) is 23.0 Å². The number of carboxylic acids is 1. The Morgan fingerprint density at radius 3 is 2.79 bits per heavy atom. The van der Waals surface area contributed by atoms with Crippen molar-refractivity contribution in [3.05, 3.63) is 65.4 Å². The first-order valence-electron chi connectivity index (χ1n) is 6.95. The number of carboxylic acid groups (broad SMARTS) is 1. The maximum atomic E-state index is 14.3. The Morgan fingerprint density at radius 2 is 2.12 bits per heavy atom. The number of halogens is 1. The molecule has 0 bridgehead atoms. The molecule has 2 heterocycles. The minimum Gasteiger partial charge on any atom is -0.478 e. The minimum atomic E-state index is -1.11. The molecule has 7 heteroatoms. The van der Waals surface area contributed by atoms with Crippen LogP contribution in [0.3, 0.4) is 0 Å². The van der Waals surface area contributed by atoms with Crippen LogP contribution >= 0.6 is 0 Å². The van der Waals surface area contributed by atoms with Crippen molar-refractivity contribution in [3.63, 3.8) is 0 Å². The highest BCUT2D eigenvalue weighted by Crippen LogP contribution is 2.28. The standard InChI is InChI=1S/C17H11FN4O2/c1-10-3-2-4-13(16(10)18)14-8-20-15(5-11(14)6-19)22-9-12(7-21-22)17(23)24/h2-5,7-9H,1H3,(H,23,24).